The van der Waals surface area contributed by atoms with Crippen molar-refractivity contribution in [1.82, 2.24) is 5.43 Å². The van der Waals surface area contributed by atoms with Gasteiger partial charge < -0.3 is 9.47 Å². The number of rotatable bonds is 7. The summed E-state index contributed by atoms with van der Waals surface area (Å²) in [6.45, 7) is 1.80. The van der Waals surface area contributed by atoms with Crippen molar-refractivity contribution in [2.75, 3.05) is 26.9 Å². The Labute approximate surface area is 73.4 Å². The molecule has 0 aromatic rings. The van der Waals surface area contributed by atoms with Crippen LogP contribution >= 0.6 is 0 Å². The fourth-order valence-corrected chi connectivity index (χ4v) is 0.660. The van der Waals surface area contributed by atoms with Crippen molar-refractivity contribution in [3.05, 3.63) is 0 Å². The molecule has 0 saturated carbocycles. The fraction of sp³-hybridized carbons (Fsp3) is 0.750. The molecule has 1 unspecified atom stereocenters. The van der Waals surface area contributed by atoms with Gasteiger partial charge in [0.25, 0.3) is 0 Å². The maximum atomic E-state index is 5.19. The number of methoxy groups -OCH3 is 1. The Hall–Kier alpha value is -0.600. The van der Waals surface area contributed by atoms with Crippen LogP contribution in [0.15, 0.2) is 0 Å². The molecule has 4 nitrogen and oxygen atoms in total. The van der Waals surface area contributed by atoms with Gasteiger partial charge in [-0.05, 0) is 6.42 Å². The minimum atomic E-state index is -0.104. The predicted molar refractivity (Wildman–Crippen MR) is 47.3 cm³/mol. The van der Waals surface area contributed by atoms with Gasteiger partial charge in [-0.25, -0.2) is 5.43 Å². The summed E-state index contributed by atoms with van der Waals surface area (Å²) in [5.74, 6) is 7.65. The van der Waals surface area contributed by atoms with E-state index in [-0.39, 0.29) is 6.04 Å². The lowest BCUT2D eigenvalue weighted by Crippen LogP contribution is -2.34. The smallest absolute Gasteiger partial charge is 0.0836 e. The molecule has 0 aromatic carbocycles. The first-order valence-electron chi connectivity index (χ1n) is 3.84. The number of ether oxygens (including phenoxy) is 2. The molecule has 0 bridgehead atoms. The highest BCUT2D eigenvalue weighted by Gasteiger charge is 1.99. The van der Waals surface area contributed by atoms with Crippen LogP contribution in [0.4, 0.5) is 0 Å². The van der Waals surface area contributed by atoms with Gasteiger partial charge >= 0.3 is 0 Å². The topological polar surface area (TPSA) is 56.5 Å². The zero-order valence-corrected chi connectivity index (χ0v) is 7.38. The third-order valence-electron chi connectivity index (χ3n) is 1.39. The fourth-order valence-electron chi connectivity index (χ4n) is 0.660. The Balaban J connectivity index is 3.13. The molecule has 0 aliphatic rings. The summed E-state index contributed by atoms with van der Waals surface area (Å²) in [6, 6.07) is -0.104. The van der Waals surface area contributed by atoms with Gasteiger partial charge in [0, 0.05) is 13.7 Å². The standard InChI is InChI=1S/C8H16N2O2/c1-3-8(10-9)4-5-12-7-6-11-2/h1,8,10H,4-7,9H2,2H3. The first-order chi connectivity index (χ1) is 5.85. The van der Waals surface area contributed by atoms with Crippen LogP contribution in [0.1, 0.15) is 6.42 Å². The SMILES string of the molecule is C#CC(CCOCCOC)NN. The normalized spacial score (nSPS) is 12.4. The molecule has 1 atom stereocenters. The van der Waals surface area contributed by atoms with E-state index in [1.165, 1.54) is 0 Å². The van der Waals surface area contributed by atoms with Crippen LogP contribution in [0.5, 0.6) is 0 Å². The van der Waals surface area contributed by atoms with Gasteiger partial charge in [-0.3, -0.25) is 5.84 Å². The summed E-state index contributed by atoms with van der Waals surface area (Å²) < 4.78 is 9.99. The molecule has 12 heavy (non-hydrogen) atoms. The van der Waals surface area contributed by atoms with E-state index in [4.69, 9.17) is 21.7 Å². The van der Waals surface area contributed by atoms with E-state index in [9.17, 15) is 0 Å². The van der Waals surface area contributed by atoms with E-state index < -0.39 is 0 Å². The zero-order chi connectivity index (χ0) is 9.23. The lowest BCUT2D eigenvalue weighted by Gasteiger charge is -2.08. The van der Waals surface area contributed by atoms with E-state index in [0.29, 0.717) is 19.8 Å². The number of nitrogens with two attached hydrogens (primary N) is 1. The molecular formula is C8H16N2O2. The monoisotopic (exact) mass is 172 g/mol. The highest BCUT2D eigenvalue weighted by molar-refractivity contribution is 4.97. The Kier molecular flexibility index (Phi) is 8.07. The molecule has 0 saturated heterocycles. The van der Waals surface area contributed by atoms with Gasteiger partial charge in [0.05, 0.1) is 19.3 Å². The summed E-state index contributed by atoms with van der Waals surface area (Å²) in [4.78, 5) is 0. The van der Waals surface area contributed by atoms with Crippen LogP contribution in [0.25, 0.3) is 0 Å². The highest BCUT2D eigenvalue weighted by Crippen LogP contribution is 1.89. The third kappa shape index (κ3) is 6.13. The predicted octanol–water partition coefficient (Wildman–Crippen LogP) is -0.495. The average Bonchev–Trinajstić information content (AvgIpc) is 2.11. The second-order valence-electron chi connectivity index (χ2n) is 2.28. The van der Waals surface area contributed by atoms with Crippen LogP contribution in [0.3, 0.4) is 0 Å². The Morgan fingerprint density at radius 2 is 2.25 bits per heavy atom. The Morgan fingerprint density at radius 3 is 2.75 bits per heavy atom. The third-order valence-corrected chi connectivity index (χ3v) is 1.39. The van der Waals surface area contributed by atoms with Gasteiger partial charge in [-0.2, -0.15) is 0 Å². The summed E-state index contributed by atoms with van der Waals surface area (Å²) in [7, 11) is 1.63. The van der Waals surface area contributed by atoms with E-state index >= 15 is 0 Å². The van der Waals surface area contributed by atoms with Gasteiger partial charge in [0.2, 0.25) is 0 Å². The maximum absolute atomic E-state index is 5.19. The van der Waals surface area contributed by atoms with Crippen LogP contribution in [0, 0.1) is 12.3 Å². The number of nitrogens with one attached hydrogen (secondary N) is 1. The first kappa shape index (κ1) is 11.4. The molecule has 0 aliphatic carbocycles. The quantitative estimate of drug-likeness (QED) is 0.235. The number of hydrazine groups is 1. The molecule has 4 heteroatoms. The summed E-state index contributed by atoms with van der Waals surface area (Å²) in [6.07, 6.45) is 5.87. The lowest BCUT2D eigenvalue weighted by molar-refractivity contribution is 0.0677. The Morgan fingerprint density at radius 1 is 1.50 bits per heavy atom. The van der Waals surface area contributed by atoms with Crippen LogP contribution in [0.2, 0.25) is 0 Å². The molecule has 0 radical (unpaired) electrons. The van der Waals surface area contributed by atoms with E-state index in [2.05, 4.69) is 11.3 Å². The largest absolute Gasteiger partial charge is 0.382 e. The summed E-state index contributed by atoms with van der Waals surface area (Å²) >= 11 is 0. The van der Waals surface area contributed by atoms with Crippen molar-refractivity contribution in [1.29, 1.82) is 0 Å². The highest BCUT2D eigenvalue weighted by atomic mass is 16.5. The molecule has 3 N–H and O–H groups in total. The zero-order valence-electron chi connectivity index (χ0n) is 7.38. The van der Waals surface area contributed by atoms with E-state index in [1.807, 2.05) is 0 Å². The van der Waals surface area contributed by atoms with Crippen molar-refractivity contribution in [2.45, 2.75) is 12.5 Å². The van der Waals surface area contributed by atoms with Crippen molar-refractivity contribution in [2.24, 2.45) is 5.84 Å². The number of terminal acetylenes is 1. The molecule has 70 valence electrons. The minimum absolute atomic E-state index is 0.104. The molecule has 0 fully saturated rings. The van der Waals surface area contributed by atoms with E-state index in [0.717, 1.165) is 6.42 Å². The van der Waals surface area contributed by atoms with Gasteiger partial charge in [0.15, 0.2) is 0 Å². The molecule has 0 amide bonds. The number of hydrogen-bond donors (Lipinski definition) is 2. The summed E-state index contributed by atoms with van der Waals surface area (Å²) in [5.41, 5.74) is 2.50. The van der Waals surface area contributed by atoms with Crippen LogP contribution in [-0.4, -0.2) is 33.0 Å². The Bertz CT molecular complexity index is 134. The number of hydrogen-bond acceptors (Lipinski definition) is 4. The van der Waals surface area contributed by atoms with Crippen molar-refractivity contribution in [3.63, 3.8) is 0 Å². The molecule has 0 aromatic heterocycles. The second-order valence-corrected chi connectivity index (χ2v) is 2.28. The second kappa shape index (κ2) is 8.50. The van der Waals surface area contributed by atoms with Crippen LogP contribution in [-0.2, 0) is 9.47 Å². The minimum Gasteiger partial charge on any atom is -0.382 e. The first-order valence-corrected chi connectivity index (χ1v) is 3.84. The van der Waals surface area contributed by atoms with Crippen molar-refractivity contribution < 1.29 is 9.47 Å². The molecular weight excluding hydrogens is 156 g/mol. The van der Waals surface area contributed by atoms with Crippen molar-refractivity contribution >= 4 is 0 Å². The van der Waals surface area contributed by atoms with Gasteiger partial charge in [-0.1, -0.05) is 5.92 Å². The molecule has 0 spiro atoms. The lowest BCUT2D eigenvalue weighted by atomic mass is 10.2. The van der Waals surface area contributed by atoms with Crippen LogP contribution < -0.4 is 11.3 Å². The summed E-state index contributed by atoms with van der Waals surface area (Å²) in [5, 5.41) is 0. The van der Waals surface area contributed by atoms with E-state index in [1.54, 1.807) is 7.11 Å². The van der Waals surface area contributed by atoms with Gasteiger partial charge in [-0.15, -0.1) is 6.42 Å². The maximum Gasteiger partial charge on any atom is 0.0836 e. The van der Waals surface area contributed by atoms with Crippen molar-refractivity contribution in [3.8, 4) is 12.3 Å². The molecule has 0 rings (SSSR count). The molecule has 0 heterocycles. The van der Waals surface area contributed by atoms with Gasteiger partial charge in [0.1, 0.15) is 0 Å². The molecule has 0 aliphatic heterocycles. The average molecular weight is 172 g/mol.